The van der Waals surface area contributed by atoms with Gasteiger partial charge in [0.1, 0.15) is 5.78 Å². The Morgan fingerprint density at radius 2 is 1.27 bits per heavy atom. The average Bonchev–Trinajstić information content (AvgIpc) is 2.54. The molecular formula is C16H34N2O4. The van der Waals surface area contributed by atoms with Crippen LogP contribution in [0.2, 0.25) is 0 Å². The van der Waals surface area contributed by atoms with Gasteiger partial charge in [-0.3, -0.25) is 4.79 Å². The Bertz CT molecular complexity index is 240. The van der Waals surface area contributed by atoms with Gasteiger partial charge in [0.25, 0.3) is 0 Å². The third-order valence-corrected chi connectivity index (χ3v) is 2.99. The van der Waals surface area contributed by atoms with E-state index in [0.29, 0.717) is 46.0 Å². The molecule has 6 heteroatoms. The van der Waals surface area contributed by atoms with E-state index in [9.17, 15) is 4.79 Å². The fourth-order valence-electron chi connectivity index (χ4n) is 1.67. The van der Waals surface area contributed by atoms with Gasteiger partial charge >= 0.3 is 0 Å². The summed E-state index contributed by atoms with van der Waals surface area (Å²) in [6.45, 7) is 11.2. The molecule has 2 N–H and O–H groups in total. The summed E-state index contributed by atoms with van der Waals surface area (Å²) >= 11 is 0. The molecule has 0 spiro atoms. The van der Waals surface area contributed by atoms with Crippen LogP contribution in [0.1, 0.15) is 33.1 Å². The number of hydrogen-bond acceptors (Lipinski definition) is 6. The van der Waals surface area contributed by atoms with Crippen molar-refractivity contribution < 1.29 is 19.0 Å². The lowest BCUT2D eigenvalue weighted by molar-refractivity contribution is -0.117. The first-order chi connectivity index (χ1) is 10.8. The Morgan fingerprint density at radius 1 is 0.773 bits per heavy atom. The maximum atomic E-state index is 11.0. The molecule has 0 aliphatic carbocycles. The SMILES string of the molecule is CCNCCCOCCOCCOCCCNCC(=O)CC. The smallest absolute Gasteiger partial charge is 0.146 e. The number of carbonyl (C=O) groups excluding carboxylic acids is 1. The first-order valence-corrected chi connectivity index (χ1v) is 8.47. The van der Waals surface area contributed by atoms with Crippen LogP contribution >= 0.6 is 0 Å². The summed E-state index contributed by atoms with van der Waals surface area (Å²) in [5.41, 5.74) is 0. The summed E-state index contributed by atoms with van der Waals surface area (Å²) in [5, 5.41) is 6.35. The summed E-state index contributed by atoms with van der Waals surface area (Å²) in [5.74, 6) is 0.248. The van der Waals surface area contributed by atoms with Crippen molar-refractivity contribution in [2.24, 2.45) is 0 Å². The van der Waals surface area contributed by atoms with Gasteiger partial charge in [0.15, 0.2) is 0 Å². The van der Waals surface area contributed by atoms with Crippen LogP contribution in [0, 0.1) is 0 Å². The summed E-state index contributed by atoms with van der Waals surface area (Å²) in [6, 6.07) is 0. The molecule has 0 saturated heterocycles. The number of nitrogens with one attached hydrogen (secondary N) is 2. The van der Waals surface area contributed by atoms with E-state index in [2.05, 4.69) is 17.6 Å². The molecule has 0 aromatic heterocycles. The molecule has 0 bridgehead atoms. The van der Waals surface area contributed by atoms with Gasteiger partial charge in [0.2, 0.25) is 0 Å². The fraction of sp³-hybridized carbons (Fsp3) is 0.938. The Morgan fingerprint density at radius 3 is 1.77 bits per heavy atom. The van der Waals surface area contributed by atoms with E-state index in [1.165, 1.54) is 0 Å². The minimum atomic E-state index is 0.248. The van der Waals surface area contributed by atoms with E-state index in [0.717, 1.165) is 39.1 Å². The fourth-order valence-corrected chi connectivity index (χ4v) is 1.67. The molecule has 132 valence electrons. The highest BCUT2D eigenvalue weighted by Gasteiger charge is 1.96. The van der Waals surface area contributed by atoms with E-state index < -0.39 is 0 Å². The molecule has 0 aliphatic rings. The summed E-state index contributed by atoms with van der Waals surface area (Å²) in [4.78, 5) is 11.0. The van der Waals surface area contributed by atoms with Crippen LogP contribution in [0.5, 0.6) is 0 Å². The molecule has 6 nitrogen and oxygen atoms in total. The van der Waals surface area contributed by atoms with Gasteiger partial charge < -0.3 is 24.8 Å². The third kappa shape index (κ3) is 17.5. The topological polar surface area (TPSA) is 68.8 Å². The maximum Gasteiger partial charge on any atom is 0.146 e. The lowest BCUT2D eigenvalue weighted by atomic mass is 10.3. The molecule has 0 aromatic rings. The first-order valence-electron chi connectivity index (χ1n) is 8.47. The van der Waals surface area contributed by atoms with Crippen molar-refractivity contribution in [2.75, 3.05) is 65.8 Å². The van der Waals surface area contributed by atoms with Gasteiger partial charge in [0.05, 0.1) is 33.0 Å². The monoisotopic (exact) mass is 318 g/mol. The van der Waals surface area contributed by atoms with Crippen molar-refractivity contribution in [2.45, 2.75) is 33.1 Å². The van der Waals surface area contributed by atoms with Gasteiger partial charge in [-0.2, -0.15) is 0 Å². The average molecular weight is 318 g/mol. The Kier molecular flexibility index (Phi) is 18.1. The summed E-state index contributed by atoms with van der Waals surface area (Å²) in [6.07, 6.45) is 2.54. The van der Waals surface area contributed by atoms with Crippen molar-refractivity contribution in [1.82, 2.24) is 10.6 Å². The second-order valence-electron chi connectivity index (χ2n) is 4.97. The van der Waals surface area contributed by atoms with Crippen molar-refractivity contribution in [3.8, 4) is 0 Å². The van der Waals surface area contributed by atoms with Crippen LogP contribution in [-0.4, -0.2) is 71.6 Å². The zero-order chi connectivity index (χ0) is 16.3. The molecule has 0 radical (unpaired) electrons. The number of Topliss-reactive ketones (excluding diaryl/α,β-unsaturated/α-hetero) is 1. The molecule has 0 heterocycles. The number of ketones is 1. The standard InChI is InChI=1S/C16H34N2O4/c1-3-16(19)15-18-8-6-10-21-12-14-22-13-11-20-9-5-7-17-4-2/h17-18H,3-15H2,1-2H3. The quantitative estimate of drug-likeness (QED) is 0.367. The van der Waals surface area contributed by atoms with E-state index in [-0.39, 0.29) is 5.78 Å². The maximum absolute atomic E-state index is 11.0. The molecule has 0 unspecified atom stereocenters. The van der Waals surface area contributed by atoms with Crippen molar-refractivity contribution >= 4 is 5.78 Å². The largest absolute Gasteiger partial charge is 0.379 e. The van der Waals surface area contributed by atoms with Crippen LogP contribution in [0.4, 0.5) is 0 Å². The second-order valence-corrected chi connectivity index (χ2v) is 4.97. The first kappa shape index (κ1) is 21.5. The van der Waals surface area contributed by atoms with Gasteiger partial charge in [-0.15, -0.1) is 0 Å². The Labute approximate surface area is 135 Å². The second kappa shape index (κ2) is 18.5. The minimum absolute atomic E-state index is 0.248. The van der Waals surface area contributed by atoms with Crippen LogP contribution in [0.3, 0.4) is 0 Å². The molecule has 0 atom stereocenters. The van der Waals surface area contributed by atoms with Crippen molar-refractivity contribution in [3.05, 3.63) is 0 Å². The van der Waals surface area contributed by atoms with Gasteiger partial charge in [-0.25, -0.2) is 0 Å². The van der Waals surface area contributed by atoms with Crippen molar-refractivity contribution in [3.63, 3.8) is 0 Å². The number of hydrogen-bond donors (Lipinski definition) is 2. The highest BCUT2D eigenvalue weighted by Crippen LogP contribution is 1.86. The molecule has 0 aromatic carbocycles. The van der Waals surface area contributed by atoms with Crippen LogP contribution < -0.4 is 10.6 Å². The minimum Gasteiger partial charge on any atom is -0.379 e. The highest BCUT2D eigenvalue weighted by atomic mass is 16.5. The zero-order valence-corrected chi connectivity index (χ0v) is 14.3. The molecule has 0 rings (SSSR count). The number of ether oxygens (including phenoxy) is 3. The van der Waals surface area contributed by atoms with Crippen LogP contribution in [-0.2, 0) is 19.0 Å². The van der Waals surface area contributed by atoms with Crippen molar-refractivity contribution in [1.29, 1.82) is 0 Å². The molecule has 22 heavy (non-hydrogen) atoms. The van der Waals surface area contributed by atoms with Gasteiger partial charge in [-0.05, 0) is 32.5 Å². The number of rotatable bonds is 18. The lowest BCUT2D eigenvalue weighted by Crippen LogP contribution is -2.24. The van der Waals surface area contributed by atoms with E-state index in [4.69, 9.17) is 14.2 Å². The molecule has 0 saturated carbocycles. The molecule has 0 amide bonds. The normalized spacial score (nSPS) is 11.0. The van der Waals surface area contributed by atoms with Crippen LogP contribution in [0.15, 0.2) is 0 Å². The summed E-state index contributed by atoms with van der Waals surface area (Å²) in [7, 11) is 0. The number of carbonyl (C=O) groups is 1. The predicted molar refractivity (Wildman–Crippen MR) is 88.4 cm³/mol. The van der Waals surface area contributed by atoms with Crippen LogP contribution in [0.25, 0.3) is 0 Å². The predicted octanol–water partition coefficient (Wildman–Crippen LogP) is 0.995. The van der Waals surface area contributed by atoms with Gasteiger partial charge in [0, 0.05) is 19.6 Å². The Hall–Kier alpha value is -0.530. The molecule has 0 aliphatic heterocycles. The van der Waals surface area contributed by atoms with E-state index in [1.54, 1.807) is 0 Å². The molecule has 0 fully saturated rings. The Balaban J connectivity index is 2.98. The van der Waals surface area contributed by atoms with E-state index in [1.807, 2.05) is 6.92 Å². The van der Waals surface area contributed by atoms with E-state index >= 15 is 0 Å². The third-order valence-electron chi connectivity index (χ3n) is 2.99. The highest BCUT2D eigenvalue weighted by molar-refractivity contribution is 5.79. The van der Waals surface area contributed by atoms with Gasteiger partial charge in [-0.1, -0.05) is 13.8 Å². The zero-order valence-electron chi connectivity index (χ0n) is 14.3. The lowest BCUT2D eigenvalue weighted by Gasteiger charge is -2.07. The molecular weight excluding hydrogens is 284 g/mol. The summed E-state index contributed by atoms with van der Waals surface area (Å²) < 4.78 is 16.3.